The molecule has 1 aromatic carbocycles. The third-order valence-electron chi connectivity index (χ3n) is 3.77. The summed E-state index contributed by atoms with van der Waals surface area (Å²) in [5, 5.41) is 7.43. The third-order valence-corrected chi connectivity index (χ3v) is 4.01. The second-order valence-corrected chi connectivity index (χ2v) is 5.88. The quantitative estimate of drug-likeness (QED) is 0.879. The average Bonchev–Trinajstić information content (AvgIpc) is 3.16. The SMILES string of the molecule is NC(=O)Cn1cc(NC(=O)C2(c3cccc(Cl)c3)CC2)cn1. The number of carbonyl (C=O) groups excluding carboxylic acids is 2. The molecule has 22 heavy (non-hydrogen) atoms. The van der Waals surface area contributed by atoms with Crippen LogP contribution >= 0.6 is 11.6 Å². The molecule has 114 valence electrons. The molecule has 3 rings (SSSR count). The highest BCUT2D eigenvalue weighted by atomic mass is 35.5. The molecule has 1 aliphatic carbocycles. The minimum absolute atomic E-state index is 0.0185. The summed E-state index contributed by atoms with van der Waals surface area (Å²) >= 11 is 6.01. The lowest BCUT2D eigenvalue weighted by atomic mass is 9.95. The van der Waals surface area contributed by atoms with Crippen molar-refractivity contribution in [2.45, 2.75) is 24.8 Å². The Morgan fingerprint density at radius 1 is 1.41 bits per heavy atom. The second kappa shape index (κ2) is 5.46. The van der Waals surface area contributed by atoms with Crippen LogP contribution in [0.25, 0.3) is 0 Å². The molecule has 6 nitrogen and oxygen atoms in total. The fourth-order valence-electron chi connectivity index (χ4n) is 2.48. The van der Waals surface area contributed by atoms with Crippen molar-refractivity contribution in [3.05, 3.63) is 47.2 Å². The molecule has 1 heterocycles. The van der Waals surface area contributed by atoms with Gasteiger partial charge >= 0.3 is 0 Å². The summed E-state index contributed by atoms with van der Waals surface area (Å²) in [5.41, 5.74) is 6.05. The van der Waals surface area contributed by atoms with Crippen molar-refractivity contribution in [2.24, 2.45) is 5.73 Å². The molecule has 3 N–H and O–H groups in total. The van der Waals surface area contributed by atoms with E-state index >= 15 is 0 Å². The molecule has 7 heteroatoms. The second-order valence-electron chi connectivity index (χ2n) is 5.44. The van der Waals surface area contributed by atoms with E-state index in [2.05, 4.69) is 10.4 Å². The van der Waals surface area contributed by atoms with E-state index in [-0.39, 0.29) is 12.5 Å². The average molecular weight is 319 g/mol. The molecule has 1 fully saturated rings. The van der Waals surface area contributed by atoms with Crippen LogP contribution < -0.4 is 11.1 Å². The Hall–Kier alpha value is -2.34. The summed E-state index contributed by atoms with van der Waals surface area (Å²) in [4.78, 5) is 23.4. The number of aromatic nitrogens is 2. The Morgan fingerprint density at radius 3 is 2.82 bits per heavy atom. The molecule has 0 spiro atoms. The van der Waals surface area contributed by atoms with Crippen molar-refractivity contribution in [3.63, 3.8) is 0 Å². The van der Waals surface area contributed by atoms with Gasteiger partial charge in [-0.1, -0.05) is 23.7 Å². The molecule has 1 saturated carbocycles. The summed E-state index contributed by atoms with van der Waals surface area (Å²) in [7, 11) is 0. The number of benzene rings is 1. The lowest BCUT2D eigenvalue weighted by Crippen LogP contribution is -2.27. The highest BCUT2D eigenvalue weighted by molar-refractivity contribution is 6.30. The standard InChI is InChI=1S/C15H15ClN4O2/c16-11-3-1-2-10(6-11)15(4-5-15)14(22)19-12-7-18-20(8-12)9-13(17)21/h1-3,6-8H,4-5,9H2,(H2,17,21)(H,19,22). The zero-order valence-corrected chi connectivity index (χ0v) is 12.5. The van der Waals surface area contributed by atoms with E-state index in [9.17, 15) is 9.59 Å². The Morgan fingerprint density at radius 2 is 2.18 bits per heavy atom. The summed E-state index contributed by atoms with van der Waals surface area (Å²) in [6.07, 6.45) is 4.65. The highest BCUT2D eigenvalue weighted by Crippen LogP contribution is 2.49. The van der Waals surface area contributed by atoms with E-state index in [4.69, 9.17) is 17.3 Å². The summed E-state index contributed by atoms with van der Waals surface area (Å²) < 4.78 is 1.39. The first-order valence-corrected chi connectivity index (χ1v) is 7.26. The van der Waals surface area contributed by atoms with Gasteiger partial charge in [0.2, 0.25) is 11.8 Å². The zero-order chi connectivity index (χ0) is 15.7. The number of primary amides is 1. The van der Waals surface area contributed by atoms with E-state index in [0.29, 0.717) is 10.7 Å². The Labute approximate surface area is 132 Å². The van der Waals surface area contributed by atoms with Crippen molar-refractivity contribution in [3.8, 4) is 0 Å². The first kappa shape index (κ1) is 14.6. The molecule has 2 aromatic rings. The summed E-state index contributed by atoms with van der Waals surface area (Å²) in [6, 6.07) is 7.36. The van der Waals surface area contributed by atoms with Crippen molar-refractivity contribution in [1.82, 2.24) is 9.78 Å². The maximum absolute atomic E-state index is 12.6. The molecule has 1 aliphatic rings. The third kappa shape index (κ3) is 2.82. The molecule has 1 aromatic heterocycles. The fourth-order valence-corrected chi connectivity index (χ4v) is 2.67. The van der Waals surface area contributed by atoms with Crippen LogP contribution in [0.15, 0.2) is 36.7 Å². The molecule has 0 atom stereocenters. The number of hydrogen-bond donors (Lipinski definition) is 2. The van der Waals surface area contributed by atoms with Gasteiger partial charge in [-0.25, -0.2) is 0 Å². The number of hydrogen-bond acceptors (Lipinski definition) is 3. The highest BCUT2D eigenvalue weighted by Gasteiger charge is 2.51. The number of nitrogens with one attached hydrogen (secondary N) is 1. The van der Waals surface area contributed by atoms with Crippen LogP contribution in [-0.2, 0) is 21.5 Å². The predicted octanol–water partition coefficient (Wildman–Crippen LogP) is 1.69. The van der Waals surface area contributed by atoms with Gasteiger partial charge in [-0.3, -0.25) is 14.3 Å². The van der Waals surface area contributed by atoms with Gasteiger partial charge in [-0.05, 0) is 30.5 Å². The number of nitrogens with zero attached hydrogens (tertiary/aromatic N) is 2. The van der Waals surface area contributed by atoms with Gasteiger partial charge in [0, 0.05) is 11.2 Å². The molecule has 0 unspecified atom stereocenters. The van der Waals surface area contributed by atoms with Crippen molar-refractivity contribution >= 4 is 29.1 Å². The molecule has 0 aliphatic heterocycles. The van der Waals surface area contributed by atoms with Crippen LogP contribution in [0.4, 0.5) is 5.69 Å². The van der Waals surface area contributed by atoms with Crippen molar-refractivity contribution in [2.75, 3.05) is 5.32 Å². The maximum atomic E-state index is 12.6. The van der Waals surface area contributed by atoms with Gasteiger partial charge in [0.25, 0.3) is 0 Å². The normalized spacial score (nSPS) is 15.3. The van der Waals surface area contributed by atoms with Crippen LogP contribution in [0.5, 0.6) is 0 Å². The number of nitrogens with two attached hydrogens (primary N) is 1. The molecule has 0 radical (unpaired) electrons. The number of rotatable bonds is 5. The van der Waals surface area contributed by atoms with Gasteiger partial charge < -0.3 is 11.1 Å². The summed E-state index contributed by atoms with van der Waals surface area (Å²) in [6.45, 7) is -0.0185. The van der Waals surface area contributed by atoms with Gasteiger partial charge in [0.1, 0.15) is 6.54 Å². The summed E-state index contributed by atoms with van der Waals surface area (Å²) in [5.74, 6) is -0.577. The minimum Gasteiger partial charge on any atom is -0.368 e. The Balaban J connectivity index is 1.74. The lowest BCUT2D eigenvalue weighted by Gasteiger charge is -2.15. The first-order valence-electron chi connectivity index (χ1n) is 6.88. The van der Waals surface area contributed by atoms with Crippen LogP contribution in [0.1, 0.15) is 18.4 Å². The monoisotopic (exact) mass is 318 g/mol. The number of amides is 2. The smallest absolute Gasteiger partial charge is 0.239 e. The molecule has 0 saturated heterocycles. The van der Waals surface area contributed by atoms with Gasteiger partial charge in [0.05, 0.1) is 17.3 Å². The topological polar surface area (TPSA) is 90.0 Å². The van der Waals surface area contributed by atoms with E-state index < -0.39 is 11.3 Å². The number of anilines is 1. The molecule has 2 amide bonds. The predicted molar refractivity (Wildman–Crippen MR) is 82.4 cm³/mol. The van der Waals surface area contributed by atoms with Gasteiger partial charge in [-0.15, -0.1) is 0 Å². The zero-order valence-electron chi connectivity index (χ0n) is 11.8. The fraction of sp³-hybridized carbons (Fsp3) is 0.267. The van der Waals surface area contributed by atoms with Crippen molar-refractivity contribution < 1.29 is 9.59 Å². The molecular weight excluding hydrogens is 304 g/mol. The minimum atomic E-state index is -0.517. The van der Waals surface area contributed by atoms with E-state index in [1.807, 2.05) is 18.2 Å². The van der Waals surface area contributed by atoms with Crippen LogP contribution in [0.3, 0.4) is 0 Å². The number of carbonyl (C=O) groups is 2. The molecule has 0 bridgehead atoms. The largest absolute Gasteiger partial charge is 0.368 e. The Kier molecular flexibility index (Phi) is 3.62. The lowest BCUT2D eigenvalue weighted by molar-refractivity contribution is -0.119. The van der Waals surface area contributed by atoms with Gasteiger partial charge in [0.15, 0.2) is 0 Å². The molecular formula is C15H15ClN4O2. The maximum Gasteiger partial charge on any atom is 0.239 e. The Bertz CT molecular complexity index is 737. The first-order chi connectivity index (χ1) is 10.5. The van der Waals surface area contributed by atoms with E-state index in [0.717, 1.165) is 18.4 Å². The van der Waals surface area contributed by atoms with Gasteiger partial charge in [-0.2, -0.15) is 5.10 Å². The van der Waals surface area contributed by atoms with Crippen LogP contribution in [0, 0.1) is 0 Å². The van der Waals surface area contributed by atoms with Crippen molar-refractivity contribution in [1.29, 1.82) is 0 Å². The van der Waals surface area contributed by atoms with Crippen LogP contribution in [-0.4, -0.2) is 21.6 Å². The van der Waals surface area contributed by atoms with E-state index in [1.54, 1.807) is 12.3 Å². The number of halogens is 1. The van der Waals surface area contributed by atoms with Crippen LogP contribution in [0.2, 0.25) is 5.02 Å². The van der Waals surface area contributed by atoms with E-state index in [1.165, 1.54) is 10.9 Å².